The summed E-state index contributed by atoms with van der Waals surface area (Å²) in [6, 6.07) is 15.9. The molecule has 2 fully saturated rings. The zero-order valence-electron chi connectivity index (χ0n) is 18.9. The van der Waals surface area contributed by atoms with Crippen molar-refractivity contribution in [2.24, 2.45) is 0 Å². The average molecular weight is 448 g/mol. The van der Waals surface area contributed by atoms with Crippen molar-refractivity contribution in [3.05, 3.63) is 54.1 Å². The summed E-state index contributed by atoms with van der Waals surface area (Å²) in [6.07, 6.45) is 0. The van der Waals surface area contributed by atoms with Crippen LogP contribution in [0.2, 0.25) is 0 Å². The molecule has 2 aliphatic heterocycles. The van der Waals surface area contributed by atoms with E-state index in [1.54, 1.807) is 0 Å². The third-order valence-electron chi connectivity index (χ3n) is 6.27. The summed E-state index contributed by atoms with van der Waals surface area (Å²) in [5.41, 5.74) is 0.651. The van der Waals surface area contributed by atoms with Gasteiger partial charge in [-0.3, -0.25) is 4.79 Å². The molecule has 0 unspecified atom stereocenters. The molecule has 3 heterocycles. The van der Waals surface area contributed by atoms with Crippen molar-refractivity contribution < 1.29 is 14.3 Å². The Bertz CT molecular complexity index is 1110. The average Bonchev–Trinajstić information content (AvgIpc) is 2.89. The second kappa shape index (κ2) is 9.62. The van der Waals surface area contributed by atoms with Gasteiger partial charge in [0.1, 0.15) is 5.75 Å². The fourth-order valence-electron chi connectivity index (χ4n) is 4.49. The molecule has 1 aromatic heterocycles. The van der Waals surface area contributed by atoms with Crippen molar-refractivity contribution in [3.8, 4) is 5.75 Å². The lowest BCUT2D eigenvalue weighted by atomic mass is 10.0. The molecule has 2 aromatic carbocycles. The lowest BCUT2D eigenvalue weighted by Crippen LogP contribution is -2.49. The first kappa shape index (κ1) is 21.5. The molecule has 172 valence electrons. The predicted molar refractivity (Wildman–Crippen MR) is 128 cm³/mol. The molecule has 0 radical (unpaired) electrons. The van der Waals surface area contributed by atoms with Crippen LogP contribution in [0, 0.1) is 0 Å². The Morgan fingerprint density at radius 3 is 2.21 bits per heavy atom. The van der Waals surface area contributed by atoms with Crippen LogP contribution < -0.4 is 14.5 Å². The van der Waals surface area contributed by atoms with Gasteiger partial charge in [0.25, 0.3) is 5.91 Å². The van der Waals surface area contributed by atoms with E-state index in [4.69, 9.17) is 9.47 Å². The van der Waals surface area contributed by atoms with Gasteiger partial charge in [0.15, 0.2) is 11.6 Å². The Kier molecular flexibility index (Phi) is 6.26. The smallest absolute Gasteiger partial charge is 0.258 e. The first-order valence-electron chi connectivity index (χ1n) is 11.6. The Balaban J connectivity index is 1.28. The monoisotopic (exact) mass is 447 g/mol. The van der Waals surface area contributed by atoms with Gasteiger partial charge in [0.2, 0.25) is 0 Å². The highest BCUT2D eigenvalue weighted by molar-refractivity contribution is 6.09. The van der Waals surface area contributed by atoms with Crippen LogP contribution in [0.3, 0.4) is 0 Å². The zero-order chi connectivity index (χ0) is 22.6. The van der Waals surface area contributed by atoms with E-state index < -0.39 is 0 Å². The van der Waals surface area contributed by atoms with E-state index in [9.17, 15) is 4.79 Å². The maximum atomic E-state index is 13.6. The normalized spacial score (nSPS) is 16.8. The molecule has 0 atom stereocenters. The zero-order valence-corrected chi connectivity index (χ0v) is 18.9. The molecule has 2 saturated heterocycles. The van der Waals surface area contributed by atoms with Crippen LogP contribution in [0.15, 0.2) is 48.5 Å². The number of amides is 1. The molecular formula is C25H29N5O3. The van der Waals surface area contributed by atoms with Crippen molar-refractivity contribution in [1.82, 2.24) is 15.1 Å². The maximum absolute atomic E-state index is 13.6. The molecule has 0 N–H and O–H groups in total. The lowest BCUT2D eigenvalue weighted by molar-refractivity contribution is 0.0744. The first-order chi connectivity index (χ1) is 16.2. The Morgan fingerprint density at radius 1 is 0.879 bits per heavy atom. The highest BCUT2D eigenvalue weighted by Gasteiger charge is 2.27. The van der Waals surface area contributed by atoms with Crippen LogP contribution in [0.1, 0.15) is 17.3 Å². The topological polar surface area (TPSA) is 71.0 Å². The van der Waals surface area contributed by atoms with Crippen LogP contribution in [0.5, 0.6) is 5.75 Å². The number of carbonyl (C=O) groups excluding carboxylic acids is 1. The minimum Gasteiger partial charge on any atom is -0.493 e. The third-order valence-corrected chi connectivity index (χ3v) is 6.27. The van der Waals surface area contributed by atoms with E-state index in [0.29, 0.717) is 44.1 Å². The van der Waals surface area contributed by atoms with Crippen LogP contribution in [-0.2, 0) is 4.74 Å². The molecule has 5 rings (SSSR count). The van der Waals surface area contributed by atoms with Gasteiger partial charge in [-0.05, 0) is 35.9 Å². The fraction of sp³-hybridized carbons (Fsp3) is 0.400. The van der Waals surface area contributed by atoms with Gasteiger partial charge in [0.05, 0.1) is 25.4 Å². The van der Waals surface area contributed by atoms with E-state index in [2.05, 4.69) is 20.0 Å². The summed E-state index contributed by atoms with van der Waals surface area (Å²) in [6.45, 7) is 8.26. The van der Waals surface area contributed by atoms with E-state index in [0.717, 1.165) is 48.7 Å². The molecule has 0 spiro atoms. The lowest BCUT2D eigenvalue weighted by Gasteiger charge is -2.35. The van der Waals surface area contributed by atoms with Crippen molar-refractivity contribution in [2.75, 3.05) is 68.9 Å². The van der Waals surface area contributed by atoms with Crippen LogP contribution >= 0.6 is 0 Å². The number of rotatable bonds is 5. The molecule has 1 amide bonds. The van der Waals surface area contributed by atoms with Crippen LogP contribution in [0.4, 0.5) is 11.6 Å². The third kappa shape index (κ3) is 4.43. The molecule has 3 aromatic rings. The number of aromatic nitrogens is 2. The van der Waals surface area contributed by atoms with E-state index in [-0.39, 0.29) is 5.91 Å². The van der Waals surface area contributed by atoms with Crippen LogP contribution in [0.25, 0.3) is 10.8 Å². The van der Waals surface area contributed by atoms with Gasteiger partial charge in [-0.25, -0.2) is 0 Å². The fourth-order valence-corrected chi connectivity index (χ4v) is 4.49. The summed E-state index contributed by atoms with van der Waals surface area (Å²) in [5.74, 6) is 2.39. The van der Waals surface area contributed by atoms with E-state index in [1.165, 1.54) is 0 Å². The Hall–Kier alpha value is -3.39. The van der Waals surface area contributed by atoms with E-state index >= 15 is 0 Å². The molecule has 0 aliphatic carbocycles. The van der Waals surface area contributed by atoms with Gasteiger partial charge in [-0.2, -0.15) is 0 Å². The number of hydrogen-bond donors (Lipinski definition) is 0. The number of benzene rings is 2. The number of anilines is 2. The first-order valence-corrected chi connectivity index (χ1v) is 11.6. The summed E-state index contributed by atoms with van der Waals surface area (Å²) in [5, 5.41) is 10.9. The molecule has 0 bridgehead atoms. The molecule has 0 saturated carbocycles. The number of ether oxygens (including phenoxy) is 2. The molecular weight excluding hydrogens is 418 g/mol. The molecule has 8 heteroatoms. The SMILES string of the molecule is CCOc1ccc2ccccc2c1C(=O)N1CCN(c2ccc(N3CCOCC3)nn2)CC1. The summed E-state index contributed by atoms with van der Waals surface area (Å²) in [4.78, 5) is 19.8. The van der Waals surface area contributed by atoms with Crippen molar-refractivity contribution in [1.29, 1.82) is 0 Å². The largest absolute Gasteiger partial charge is 0.493 e. The highest BCUT2D eigenvalue weighted by atomic mass is 16.5. The number of hydrogen-bond acceptors (Lipinski definition) is 7. The maximum Gasteiger partial charge on any atom is 0.258 e. The number of morpholine rings is 1. The van der Waals surface area contributed by atoms with E-state index in [1.807, 2.05) is 60.4 Å². The van der Waals surface area contributed by atoms with Crippen LogP contribution in [-0.4, -0.2) is 80.1 Å². The van der Waals surface area contributed by atoms with Crippen molar-refractivity contribution >= 4 is 28.3 Å². The van der Waals surface area contributed by atoms with Gasteiger partial charge >= 0.3 is 0 Å². The number of nitrogens with zero attached hydrogens (tertiary/aromatic N) is 5. The Labute approximate surface area is 193 Å². The second-order valence-corrected chi connectivity index (χ2v) is 8.22. The Morgan fingerprint density at radius 2 is 1.55 bits per heavy atom. The summed E-state index contributed by atoms with van der Waals surface area (Å²) in [7, 11) is 0. The number of carbonyl (C=O) groups is 1. The molecule has 2 aliphatic rings. The van der Waals surface area contributed by atoms with Crippen molar-refractivity contribution in [2.45, 2.75) is 6.92 Å². The minimum absolute atomic E-state index is 0.0173. The van der Waals surface area contributed by atoms with Gasteiger partial charge in [0, 0.05) is 39.3 Å². The van der Waals surface area contributed by atoms with Gasteiger partial charge in [-0.1, -0.05) is 30.3 Å². The quantitative estimate of drug-likeness (QED) is 0.596. The molecule has 8 nitrogen and oxygen atoms in total. The summed E-state index contributed by atoms with van der Waals surface area (Å²) >= 11 is 0. The minimum atomic E-state index is 0.0173. The number of fused-ring (bicyclic) bond motifs is 1. The standard InChI is InChI=1S/C25H29N5O3/c1-2-33-21-8-7-19-5-3-4-6-20(19)24(21)25(31)30-13-11-28(12-14-30)22-9-10-23(27-26-22)29-15-17-32-18-16-29/h3-10H,2,11-18H2,1H3. The van der Waals surface area contributed by atoms with Gasteiger partial charge in [-0.15, -0.1) is 10.2 Å². The highest BCUT2D eigenvalue weighted by Crippen LogP contribution is 2.30. The number of piperazine rings is 1. The predicted octanol–water partition coefficient (Wildman–Crippen LogP) is 2.83. The summed E-state index contributed by atoms with van der Waals surface area (Å²) < 4.78 is 11.2. The van der Waals surface area contributed by atoms with Crippen molar-refractivity contribution in [3.63, 3.8) is 0 Å². The van der Waals surface area contributed by atoms with Gasteiger partial charge < -0.3 is 24.2 Å². The molecule has 33 heavy (non-hydrogen) atoms. The second-order valence-electron chi connectivity index (χ2n) is 8.22.